The minimum Gasteiger partial charge on any atom is -0.496 e. The van der Waals surface area contributed by atoms with E-state index < -0.39 is 0 Å². The van der Waals surface area contributed by atoms with Crippen molar-refractivity contribution >= 4 is 31.9 Å². The second-order valence-electron chi connectivity index (χ2n) is 4.42. The molecule has 0 aliphatic heterocycles. The van der Waals surface area contributed by atoms with Crippen LogP contribution in [0.25, 0.3) is 0 Å². The number of rotatable bonds is 6. The van der Waals surface area contributed by atoms with Gasteiger partial charge in [0.1, 0.15) is 11.5 Å². The SMILES string of the molecule is CCCNC(c1ccc(Br)o1)c1ccc(Br)cc1OC. The molecule has 1 unspecified atom stereocenters. The highest BCUT2D eigenvalue weighted by atomic mass is 79.9. The van der Waals surface area contributed by atoms with Gasteiger partial charge in [-0.2, -0.15) is 0 Å². The predicted molar refractivity (Wildman–Crippen MR) is 87.2 cm³/mol. The second-order valence-corrected chi connectivity index (χ2v) is 6.11. The van der Waals surface area contributed by atoms with E-state index in [0.29, 0.717) is 0 Å². The van der Waals surface area contributed by atoms with Crippen molar-refractivity contribution in [2.75, 3.05) is 13.7 Å². The van der Waals surface area contributed by atoms with Gasteiger partial charge in [0.15, 0.2) is 4.67 Å². The van der Waals surface area contributed by atoms with Crippen molar-refractivity contribution < 1.29 is 9.15 Å². The number of methoxy groups -OCH3 is 1. The first-order valence-electron chi connectivity index (χ1n) is 6.47. The van der Waals surface area contributed by atoms with Gasteiger partial charge in [-0.3, -0.25) is 0 Å². The number of hydrogen-bond donors (Lipinski definition) is 1. The third-order valence-corrected chi connectivity index (χ3v) is 3.90. The lowest BCUT2D eigenvalue weighted by Crippen LogP contribution is -2.23. The Labute approximate surface area is 136 Å². The van der Waals surface area contributed by atoms with Crippen molar-refractivity contribution in [3.63, 3.8) is 0 Å². The molecule has 0 saturated carbocycles. The maximum absolute atomic E-state index is 5.71. The molecule has 1 aromatic heterocycles. The number of halogens is 2. The molecule has 0 saturated heterocycles. The third kappa shape index (κ3) is 3.65. The largest absolute Gasteiger partial charge is 0.496 e. The van der Waals surface area contributed by atoms with Crippen molar-refractivity contribution in [1.29, 1.82) is 0 Å². The fourth-order valence-corrected chi connectivity index (χ4v) is 2.72. The molecule has 0 aliphatic rings. The Hall–Kier alpha value is -0.780. The maximum Gasteiger partial charge on any atom is 0.169 e. The number of furan rings is 1. The molecule has 0 spiro atoms. The predicted octanol–water partition coefficient (Wildman–Crippen LogP) is 4.90. The zero-order valence-corrected chi connectivity index (χ0v) is 14.6. The first-order valence-corrected chi connectivity index (χ1v) is 8.06. The van der Waals surface area contributed by atoms with Crippen molar-refractivity contribution in [3.05, 3.63) is 50.8 Å². The van der Waals surface area contributed by atoms with E-state index in [1.165, 1.54) is 0 Å². The lowest BCUT2D eigenvalue weighted by Gasteiger charge is -2.19. The van der Waals surface area contributed by atoms with Gasteiger partial charge < -0.3 is 14.5 Å². The van der Waals surface area contributed by atoms with Gasteiger partial charge in [0.05, 0.1) is 13.2 Å². The van der Waals surface area contributed by atoms with Crippen LogP contribution in [0.5, 0.6) is 5.75 Å². The van der Waals surface area contributed by atoms with Crippen LogP contribution in [0.2, 0.25) is 0 Å². The summed E-state index contributed by atoms with van der Waals surface area (Å²) in [6, 6.07) is 9.88. The number of nitrogens with one attached hydrogen (secondary N) is 1. The molecule has 1 heterocycles. The van der Waals surface area contributed by atoms with Crippen LogP contribution in [-0.4, -0.2) is 13.7 Å². The second kappa shape index (κ2) is 7.29. The molecule has 108 valence electrons. The molecule has 2 rings (SSSR count). The Balaban J connectivity index is 2.40. The van der Waals surface area contributed by atoms with E-state index in [1.54, 1.807) is 7.11 Å². The molecule has 0 aliphatic carbocycles. The van der Waals surface area contributed by atoms with Crippen LogP contribution in [-0.2, 0) is 0 Å². The molecule has 0 radical (unpaired) electrons. The highest BCUT2D eigenvalue weighted by Gasteiger charge is 2.21. The molecular formula is C15H17Br2NO2. The van der Waals surface area contributed by atoms with Gasteiger partial charge in [-0.25, -0.2) is 0 Å². The van der Waals surface area contributed by atoms with Gasteiger partial charge in [0, 0.05) is 10.0 Å². The van der Waals surface area contributed by atoms with Crippen LogP contribution in [0, 0.1) is 0 Å². The van der Waals surface area contributed by atoms with E-state index in [1.807, 2.05) is 30.3 Å². The molecule has 1 atom stereocenters. The summed E-state index contributed by atoms with van der Waals surface area (Å²) >= 11 is 6.82. The van der Waals surface area contributed by atoms with Crippen LogP contribution < -0.4 is 10.1 Å². The number of hydrogen-bond acceptors (Lipinski definition) is 3. The van der Waals surface area contributed by atoms with Crippen LogP contribution >= 0.6 is 31.9 Å². The minimum atomic E-state index is -0.0238. The zero-order valence-electron chi connectivity index (χ0n) is 11.5. The van der Waals surface area contributed by atoms with Crippen LogP contribution in [0.15, 0.2) is 43.9 Å². The summed E-state index contributed by atoms with van der Waals surface area (Å²) in [4.78, 5) is 0. The zero-order chi connectivity index (χ0) is 14.5. The van der Waals surface area contributed by atoms with Gasteiger partial charge in [0.25, 0.3) is 0 Å². The quantitative estimate of drug-likeness (QED) is 0.745. The van der Waals surface area contributed by atoms with E-state index >= 15 is 0 Å². The normalized spacial score (nSPS) is 12.4. The third-order valence-electron chi connectivity index (χ3n) is 2.98. The van der Waals surface area contributed by atoms with Gasteiger partial charge in [-0.1, -0.05) is 28.9 Å². The van der Waals surface area contributed by atoms with E-state index in [9.17, 15) is 0 Å². The first-order chi connectivity index (χ1) is 9.65. The first kappa shape index (κ1) is 15.6. The van der Waals surface area contributed by atoms with Crippen molar-refractivity contribution in [3.8, 4) is 5.75 Å². The standard InChI is InChI=1S/C15H17Br2NO2/c1-3-8-18-15(12-6-7-14(17)20-12)11-5-4-10(16)9-13(11)19-2/h4-7,9,15,18H,3,8H2,1-2H3. The van der Waals surface area contributed by atoms with E-state index in [2.05, 4.69) is 44.1 Å². The van der Waals surface area contributed by atoms with Crippen LogP contribution in [0.4, 0.5) is 0 Å². The van der Waals surface area contributed by atoms with Crippen molar-refractivity contribution in [2.24, 2.45) is 0 Å². The van der Waals surface area contributed by atoms with Crippen LogP contribution in [0.1, 0.15) is 30.7 Å². The van der Waals surface area contributed by atoms with Gasteiger partial charge in [0.2, 0.25) is 0 Å². The molecule has 1 N–H and O–H groups in total. The van der Waals surface area contributed by atoms with Crippen molar-refractivity contribution in [1.82, 2.24) is 5.32 Å². The lowest BCUT2D eigenvalue weighted by molar-refractivity contribution is 0.389. The topological polar surface area (TPSA) is 34.4 Å². The molecule has 0 fully saturated rings. The Kier molecular flexibility index (Phi) is 5.69. The Morgan fingerprint density at radius 3 is 2.65 bits per heavy atom. The van der Waals surface area contributed by atoms with Gasteiger partial charge >= 0.3 is 0 Å². The fraction of sp³-hybridized carbons (Fsp3) is 0.333. The van der Waals surface area contributed by atoms with E-state index in [0.717, 1.165) is 39.2 Å². The molecule has 20 heavy (non-hydrogen) atoms. The smallest absolute Gasteiger partial charge is 0.169 e. The maximum atomic E-state index is 5.71. The molecular weight excluding hydrogens is 386 g/mol. The average molecular weight is 403 g/mol. The summed E-state index contributed by atoms with van der Waals surface area (Å²) in [6.07, 6.45) is 1.05. The Morgan fingerprint density at radius 2 is 2.05 bits per heavy atom. The average Bonchev–Trinajstić information content (AvgIpc) is 2.87. The van der Waals surface area contributed by atoms with Crippen LogP contribution in [0.3, 0.4) is 0 Å². The van der Waals surface area contributed by atoms with E-state index in [4.69, 9.17) is 9.15 Å². The summed E-state index contributed by atoms with van der Waals surface area (Å²) < 4.78 is 12.9. The summed E-state index contributed by atoms with van der Waals surface area (Å²) in [5.41, 5.74) is 1.06. The highest BCUT2D eigenvalue weighted by Crippen LogP contribution is 2.33. The minimum absolute atomic E-state index is 0.0238. The molecule has 0 bridgehead atoms. The molecule has 2 aromatic rings. The Morgan fingerprint density at radius 1 is 1.25 bits per heavy atom. The summed E-state index contributed by atoms with van der Waals surface area (Å²) in [5.74, 6) is 1.70. The number of ether oxygens (including phenoxy) is 1. The van der Waals surface area contributed by atoms with Gasteiger partial charge in [-0.15, -0.1) is 0 Å². The Bertz CT molecular complexity index is 569. The summed E-state index contributed by atoms with van der Waals surface area (Å²) in [6.45, 7) is 3.04. The molecule has 5 heteroatoms. The fourth-order valence-electron chi connectivity index (χ4n) is 2.06. The molecule has 0 amide bonds. The monoisotopic (exact) mass is 401 g/mol. The number of benzene rings is 1. The highest BCUT2D eigenvalue weighted by molar-refractivity contribution is 9.10. The lowest BCUT2D eigenvalue weighted by atomic mass is 10.0. The van der Waals surface area contributed by atoms with E-state index in [-0.39, 0.29) is 6.04 Å². The van der Waals surface area contributed by atoms with Crippen molar-refractivity contribution in [2.45, 2.75) is 19.4 Å². The molecule has 3 nitrogen and oxygen atoms in total. The summed E-state index contributed by atoms with van der Waals surface area (Å²) in [5, 5.41) is 3.50. The molecule has 1 aromatic carbocycles. The van der Waals surface area contributed by atoms with Gasteiger partial charge in [-0.05, 0) is 53.2 Å². The summed E-state index contributed by atoms with van der Waals surface area (Å²) in [7, 11) is 1.68.